The summed E-state index contributed by atoms with van der Waals surface area (Å²) < 4.78 is 32.2. The zero-order valence-electron chi connectivity index (χ0n) is 10.4. The number of fused-ring (bicyclic) bond motifs is 1. The van der Waals surface area contributed by atoms with E-state index >= 15 is 0 Å². The van der Waals surface area contributed by atoms with Gasteiger partial charge in [0, 0.05) is 24.1 Å². The van der Waals surface area contributed by atoms with Crippen LogP contribution in [0, 0.1) is 11.6 Å². The summed E-state index contributed by atoms with van der Waals surface area (Å²) in [6.45, 7) is 0. The minimum Gasteiger partial charge on any atom is -0.485 e. The molecule has 104 valence electrons. The Kier molecular flexibility index (Phi) is 3.36. The number of halogens is 3. The third-order valence-corrected chi connectivity index (χ3v) is 3.72. The first kappa shape index (κ1) is 13.3. The topological polar surface area (TPSA) is 35.2 Å². The Labute approximate surface area is 120 Å². The van der Waals surface area contributed by atoms with Gasteiger partial charge in [-0.2, -0.15) is 0 Å². The zero-order valence-corrected chi connectivity index (χ0v) is 11.2. The summed E-state index contributed by atoms with van der Waals surface area (Å²) in [7, 11) is 0. The molecule has 1 unspecified atom stereocenters. The van der Waals surface area contributed by atoms with Gasteiger partial charge in [-0.1, -0.05) is 23.7 Å². The Hall–Kier alpha value is -1.65. The molecule has 1 aliphatic heterocycles. The van der Waals surface area contributed by atoms with Crippen LogP contribution in [0.3, 0.4) is 0 Å². The van der Waals surface area contributed by atoms with E-state index in [0.717, 1.165) is 11.1 Å². The molecule has 2 N–H and O–H groups in total. The van der Waals surface area contributed by atoms with Crippen LogP contribution in [0.1, 0.15) is 29.7 Å². The van der Waals surface area contributed by atoms with Crippen molar-refractivity contribution in [1.29, 1.82) is 0 Å². The quantitative estimate of drug-likeness (QED) is 0.858. The fourth-order valence-electron chi connectivity index (χ4n) is 2.39. The van der Waals surface area contributed by atoms with Gasteiger partial charge in [0.05, 0.1) is 5.02 Å². The average Bonchev–Trinajstić information content (AvgIpc) is 2.41. The molecule has 1 heterocycles. The minimum atomic E-state index is -0.484. The molecule has 5 heteroatoms. The Morgan fingerprint density at radius 3 is 2.70 bits per heavy atom. The summed E-state index contributed by atoms with van der Waals surface area (Å²) in [6, 6.07) is 8.44. The van der Waals surface area contributed by atoms with Gasteiger partial charge >= 0.3 is 0 Å². The van der Waals surface area contributed by atoms with E-state index < -0.39 is 5.82 Å². The van der Waals surface area contributed by atoms with Gasteiger partial charge in [0.25, 0.3) is 0 Å². The van der Waals surface area contributed by atoms with E-state index in [1.807, 2.05) is 0 Å². The first-order valence-electron chi connectivity index (χ1n) is 6.21. The van der Waals surface area contributed by atoms with Gasteiger partial charge in [-0.25, -0.2) is 8.78 Å². The maximum atomic E-state index is 13.3. The van der Waals surface area contributed by atoms with Crippen molar-refractivity contribution in [3.05, 3.63) is 64.2 Å². The smallest absolute Gasteiger partial charge is 0.141 e. The molecule has 0 amide bonds. The average molecular weight is 296 g/mol. The van der Waals surface area contributed by atoms with Crippen molar-refractivity contribution < 1.29 is 13.5 Å². The van der Waals surface area contributed by atoms with Gasteiger partial charge < -0.3 is 10.5 Å². The molecule has 2 nitrogen and oxygen atoms in total. The number of hydrogen-bond donors (Lipinski definition) is 1. The minimum absolute atomic E-state index is 0.0321. The van der Waals surface area contributed by atoms with Gasteiger partial charge in [0.15, 0.2) is 0 Å². The van der Waals surface area contributed by atoms with Crippen LogP contribution in [0.5, 0.6) is 5.75 Å². The summed E-state index contributed by atoms with van der Waals surface area (Å²) >= 11 is 5.77. The van der Waals surface area contributed by atoms with Crippen LogP contribution >= 0.6 is 11.6 Å². The molecule has 0 aliphatic carbocycles. The molecule has 0 saturated carbocycles. The second kappa shape index (κ2) is 5.04. The lowest BCUT2D eigenvalue weighted by Crippen LogP contribution is -2.24. The van der Waals surface area contributed by atoms with Crippen LogP contribution in [0.2, 0.25) is 5.02 Å². The van der Waals surface area contributed by atoms with E-state index in [1.165, 1.54) is 24.3 Å². The van der Waals surface area contributed by atoms with Crippen molar-refractivity contribution in [3.8, 4) is 5.75 Å². The summed E-state index contributed by atoms with van der Waals surface area (Å²) in [6.07, 6.45) is 0.165. The van der Waals surface area contributed by atoms with E-state index in [-0.39, 0.29) is 23.0 Å². The van der Waals surface area contributed by atoms with Gasteiger partial charge in [0.2, 0.25) is 0 Å². The molecule has 0 saturated heterocycles. The molecule has 2 atom stereocenters. The summed E-state index contributed by atoms with van der Waals surface area (Å²) in [5.74, 6) is -0.440. The Morgan fingerprint density at radius 1 is 1.15 bits per heavy atom. The fourth-order valence-corrected chi connectivity index (χ4v) is 2.58. The maximum absolute atomic E-state index is 13.3. The van der Waals surface area contributed by atoms with Gasteiger partial charge in [-0.05, 0) is 23.8 Å². The molecule has 3 rings (SSSR count). The zero-order chi connectivity index (χ0) is 14.3. The third-order valence-electron chi connectivity index (χ3n) is 3.43. The highest BCUT2D eigenvalue weighted by Gasteiger charge is 2.27. The third kappa shape index (κ3) is 2.37. The van der Waals surface area contributed by atoms with Gasteiger partial charge in [-0.3, -0.25) is 0 Å². The first-order chi connectivity index (χ1) is 9.54. The van der Waals surface area contributed by atoms with Crippen LogP contribution in [-0.2, 0) is 0 Å². The molecule has 0 aromatic heterocycles. The molecule has 0 bridgehead atoms. The Bertz CT molecular complexity index is 662. The Morgan fingerprint density at radius 2 is 1.95 bits per heavy atom. The monoisotopic (exact) mass is 295 g/mol. The fraction of sp³-hybridized carbons (Fsp3) is 0.200. The van der Waals surface area contributed by atoms with Crippen molar-refractivity contribution >= 4 is 11.6 Å². The van der Waals surface area contributed by atoms with E-state index in [0.29, 0.717) is 12.2 Å². The summed E-state index contributed by atoms with van der Waals surface area (Å²) in [5, 5.41) is 0.0321. The van der Waals surface area contributed by atoms with Crippen LogP contribution in [-0.4, -0.2) is 0 Å². The molecule has 2 aromatic carbocycles. The second-order valence-electron chi connectivity index (χ2n) is 4.80. The van der Waals surface area contributed by atoms with E-state index in [1.54, 1.807) is 12.1 Å². The van der Waals surface area contributed by atoms with Crippen molar-refractivity contribution in [2.75, 3.05) is 0 Å². The van der Waals surface area contributed by atoms with Gasteiger partial charge in [-0.15, -0.1) is 0 Å². The number of rotatable bonds is 1. The normalized spacial score (nSPS) is 21.2. The van der Waals surface area contributed by atoms with E-state index in [2.05, 4.69) is 0 Å². The predicted molar refractivity (Wildman–Crippen MR) is 72.7 cm³/mol. The molecular weight excluding hydrogens is 284 g/mol. The van der Waals surface area contributed by atoms with E-state index in [4.69, 9.17) is 22.1 Å². The van der Waals surface area contributed by atoms with E-state index in [9.17, 15) is 8.78 Å². The largest absolute Gasteiger partial charge is 0.485 e. The second-order valence-corrected chi connectivity index (χ2v) is 5.21. The van der Waals surface area contributed by atoms with Crippen molar-refractivity contribution in [2.45, 2.75) is 18.6 Å². The van der Waals surface area contributed by atoms with Crippen LogP contribution in [0.15, 0.2) is 36.4 Å². The highest BCUT2D eigenvalue weighted by atomic mass is 35.5. The number of hydrogen-bond acceptors (Lipinski definition) is 2. The molecule has 0 fully saturated rings. The maximum Gasteiger partial charge on any atom is 0.141 e. The van der Waals surface area contributed by atoms with Crippen molar-refractivity contribution in [2.24, 2.45) is 5.73 Å². The van der Waals surface area contributed by atoms with Crippen molar-refractivity contribution in [3.63, 3.8) is 0 Å². The van der Waals surface area contributed by atoms with Crippen LogP contribution < -0.4 is 10.5 Å². The van der Waals surface area contributed by atoms with Crippen LogP contribution in [0.25, 0.3) is 0 Å². The highest BCUT2D eigenvalue weighted by Crippen LogP contribution is 2.40. The van der Waals surface area contributed by atoms with Crippen molar-refractivity contribution in [1.82, 2.24) is 0 Å². The first-order valence-corrected chi connectivity index (χ1v) is 6.59. The molecule has 1 aliphatic rings. The lowest BCUT2D eigenvalue weighted by molar-refractivity contribution is 0.160. The standard InChI is InChI=1S/C15H12ClF2NO/c16-11-5-8(1-4-12(11)18)14-7-13(19)10-3-2-9(17)6-15(10)20-14/h1-6,13-14H,7,19H2/t13-,14?/m0/s1. The molecule has 20 heavy (non-hydrogen) atoms. The Balaban J connectivity index is 1.96. The molecule has 0 radical (unpaired) electrons. The van der Waals surface area contributed by atoms with Crippen LogP contribution in [0.4, 0.5) is 8.78 Å². The lowest BCUT2D eigenvalue weighted by atomic mass is 9.93. The molecule has 0 spiro atoms. The molecule has 2 aromatic rings. The number of benzene rings is 2. The number of ether oxygens (including phenoxy) is 1. The lowest BCUT2D eigenvalue weighted by Gasteiger charge is -2.30. The predicted octanol–water partition coefficient (Wildman–Crippen LogP) is 4.14. The summed E-state index contributed by atoms with van der Waals surface area (Å²) in [5.41, 5.74) is 7.58. The highest BCUT2D eigenvalue weighted by molar-refractivity contribution is 6.30. The molecular formula is C15H12ClF2NO. The summed E-state index contributed by atoms with van der Waals surface area (Å²) in [4.78, 5) is 0. The van der Waals surface area contributed by atoms with Gasteiger partial charge in [0.1, 0.15) is 23.5 Å². The SMILES string of the molecule is N[C@H]1CC(c2ccc(F)c(Cl)c2)Oc2cc(F)ccc21. The number of nitrogens with two attached hydrogens (primary N) is 1.